The number of nitrogens with one attached hydrogen (secondary N) is 1. The van der Waals surface area contributed by atoms with Crippen molar-refractivity contribution in [3.63, 3.8) is 0 Å². The number of carbonyl (C=O) groups excluding carboxylic acids is 2. The van der Waals surface area contributed by atoms with Crippen molar-refractivity contribution in [2.24, 2.45) is 5.92 Å². The van der Waals surface area contributed by atoms with Crippen LogP contribution >= 0.6 is 0 Å². The number of rotatable bonds is 7. The van der Waals surface area contributed by atoms with Crippen LogP contribution in [-0.2, 0) is 0 Å². The zero-order chi connectivity index (χ0) is 21.5. The third kappa shape index (κ3) is 5.85. The third-order valence-electron chi connectivity index (χ3n) is 5.57. The Kier molecular flexibility index (Phi) is 7.50. The maximum absolute atomic E-state index is 12.8. The number of benzene rings is 2. The number of aryl methyl sites for hydroxylation is 1. The summed E-state index contributed by atoms with van der Waals surface area (Å²) in [7, 11) is 0. The Balaban J connectivity index is 1.48. The molecule has 0 aliphatic carbocycles. The first kappa shape index (κ1) is 21.9. The van der Waals surface area contributed by atoms with Gasteiger partial charge in [0.2, 0.25) is 0 Å². The van der Waals surface area contributed by atoms with E-state index >= 15 is 0 Å². The summed E-state index contributed by atoms with van der Waals surface area (Å²) >= 11 is 0. The van der Waals surface area contributed by atoms with Gasteiger partial charge >= 0.3 is 0 Å². The summed E-state index contributed by atoms with van der Waals surface area (Å²) in [5.74, 6) is 1.40. The molecule has 0 aromatic heterocycles. The maximum atomic E-state index is 12.8. The van der Waals surface area contributed by atoms with Crippen LogP contribution in [0.3, 0.4) is 0 Å². The highest BCUT2D eigenvalue weighted by molar-refractivity contribution is 5.96. The summed E-state index contributed by atoms with van der Waals surface area (Å²) in [5.41, 5.74) is 2.36. The molecule has 1 aliphatic heterocycles. The number of hydrogen-bond donors (Lipinski definition) is 1. The molecule has 1 aliphatic rings. The SMILES string of the molecule is Cc1ccccc1C(=O)NC1CCN(C(=O)c2ccc(OCCC(C)C)cc2)CC1. The Bertz CT molecular complexity index is 853. The summed E-state index contributed by atoms with van der Waals surface area (Å²) in [4.78, 5) is 27.2. The number of likely N-dealkylation sites (tertiary alicyclic amines) is 1. The zero-order valence-electron chi connectivity index (χ0n) is 18.2. The summed E-state index contributed by atoms with van der Waals surface area (Å²) in [5, 5.41) is 3.12. The molecule has 0 saturated carbocycles. The van der Waals surface area contributed by atoms with E-state index in [1.165, 1.54) is 0 Å². The average molecular weight is 409 g/mol. The van der Waals surface area contributed by atoms with Crippen molar-refractivity contribution in [2.75, 3.05) is 19.7 Å². The van der Waals surface area contributed by atoms with Gasteiger partial charge in [-0.25, -0.2) is 0 Å². The number of hydrogen-bond acceptors (Lipinski definition) is 3. The lowest BCUT2D eigenvalue weighted by atomic mass is 10.0. The molecule has 2 amide bonds. The topological polar surface area (TPSA) is 58.6 Å². The van der Waals surface area contributed by atoms with Crippen LogP contribution in [0.5, 0.6) is 5.75 Å². The van der Waals surface area contributed by atoms with Crippen LogP contribution in [0.25, 0.3) is 0 Å². The molecule has 160 valence electrons. The largest absolute Gasteiger partial charge is 0.494 e. The van der Waals surface area contributed by atoms with Gasteiger partial charge in [0.1, 0.15) is 5.75 Å². The number of piperidine rings is 1. The first-order valence-corrected chi connectivity index (χ1v) is 10.8. The molecule has 0 radical (unpaired) electrons. The van der Waals surface area contributed by atoms with Crippen LogP contribution < -0.4 is 10.1 Å². The van der Waals surface area contributed by atoms with Gasteiger partial charge < -0.3 is 15.0 Å². The third-order valence-corrected chi connectivity index (χ3v) is 5.57. The van der Waals surface area contributed by atoms with E-state index in [1.807, 2.05) is 60.4 Å². The monoisotopic (exact) mass is 408 g/mol. The van der Waals surface area contributed by atoms with Crippen LogP contribution in [0.4, 0.5) is 0 Å². The summed E-state index contributed by atoms with van der Waals surface area (Å²) in [6.45, 7) is 8.25. The van der Waals surface area contributed by atoms with E-state index in [4.69, 9.17) is 4.74 Å². The van der Waals surface area contributed by atoms with E-state index in [9.17, 15) is 9.59 Å². The van der Waals surface area contributed by atoms with Crippen molar-refractivity contribution in [3.05, 3.63) is 65.2 Å². The Morgan fingerprint density at radius 2 is 1.73 bits per heavy atom. The van der Waals surface area contributed by atoms with Gasteiger partial charge in [0.05, 0.1) is 6.61 Å². The maximum Gasteiger partial charge on any atom is 0.253 e. The molecule has 30 heavy (non-hydrogen) atoms. The summed E-state index contributed by atoms with van der Waals surface area (Å²) < 4.78 is 5.73. The predicted molar refractivity (Wildman–Crippen MR) is 119 cm³/mol. The van der Waals surface area contributed by atoms with E-state index in [0.29, 0.717) is 36.7 Å². The number of carbonyl (C=O) groups is 2. The van der Waals surface area contributed by atoms with Gasteiger partial charge in [-0.05, 0) is 68.0 Å². The van der Waals surface area contributed by atoms with E-state index < -0.39 is 0 Å². The first-order chi connectivity index (χ1) is 14.4. The molecule has 3 rings (SSSR count). The molecule has 1 fully saturated rings. The molecule has 0 atom stereocenters. The van der Waals surface area contributed by atoms with Crippen molar-refractivity contribution in [1.29, 1.82) is 0 Å². The van der Waals surface area contributed by atoms with Crippen LogP contribution in [0, 0.1) is 12.8 Å². The summed E-state index contributed by atoms with van der Waals surface area (Å²) in [6, 6.07) is 15.1. The van der Waals surface area contributed by atoms with Gasteiger partial charge in [-0.15, -0.1) is 0 Å². The lowest BCUT2D eigenvalue weighted by Crippen LogP contribution is -2.46. The molecule has 0 spiro atoms. The number of ether oxygens (including phenoxy) is 1. The second-order valence-electron chi connectivity index (χ2n) is 8.41. The first-order valence-electron chi connectivity index (χ1n) is 10.8. The standard InChI is InChI=1S/C25H32N2O3/c1-18(2)14-17-30-22-10-8-20(9-11-22)25(29)27-15-12-21(13-16-27)26-24(28)23-7-5-4-6-19(23)3/h4-11,18,21H,12-17H2,1-3H3,(H,26,28). The van der Waals surface area contributed by atoms with Gasteiger partial charge in [0.25, 0.3) is 11.8 Å². The van der Waals surface area contributed by atoms with Crippen molar-refractivity contribution in [1.82, 2.24) is 10.2 Å². The molecule has 2 aromatic rings. The number of amides is 2. The van der Waals surface area contributed by atoms with Crippen LogP contribution in [0.15, 0.2) is 48.5 Å². The van der Waals surface area contributed by atoms with Gasteiger partial charge in [0, 0.05) is 30.3 Å². The lowest BCUT2D eigenvalue weighted by molar-refractivity contribution is 0.0698. The van der Waals surface area contributed by atoms with E-state index in [-0.39, 0.29) is 17.9 Å². The Labute approximate surface area is 179 Å². The Morgan fingerprint density at radius 3 is 2.37 bits per heavy atom. The van der Waals surface area contributed by atoms with Gasteiger partial charge in [-0.1, -0.05) is 32.0 Å². The van der Waals surface area contributed by atoms with Crippen LogP contribution in [0.2, 0.25) is 0 Å². The van der Waals surface area contributed by atoms with Crippen LogP contribution in [0.1, 0.15) is 59.4 Å². The van der Waals surface area contributed by atoms with E-state index in [2.05, 4.69) is 19.2 Å². The van der Waals surface area contributed by atoms with Crippen molar-refractivity contribution >= 4 is 11.8 Å². The lowest BCUT2D eigenvalue weighted by Gasteiger charge is -2.32. The number of nitrogens with zero attached hydrogens (tertiary/aromatic N) is 1. The highest BCUT2D eigenvalue weighted by atomic mass is 16.5. The molecule has 1 saturated heterocycles. The van der Waals surface area contributed by atoms with Crippen molar-refractivity contribution in [2.45, 2.75) is 46.1 Å². The van der Waals surface area contributed by atoms with Crippen molar-refractivity contribution < 1.29 is 14.3 Å². The molecule has 5 heteroatoms. The Morgan fingerprint density at radius 1 is 1.07 bits per heavy atom. The fourth-order valence-electron chi connectivity index (χ4n) is 3.61. The average Bonchev–Trinajstić information content (AvgIpc) is 2.74. The normalized spacial score (nSPS) is 14.6. The Hall–Kier alpha value is -2.82. The highest BCUT2D eigenvalue weighted by Gasteiger charge is 2.25. The highest BCUT2D eigenvalue weighted by Crippen LogP contribution is 2.18. The molecule has 5 nitrogen and oxygen atoms in total. The minimum atomic E-state index is -0.0362. The molecule has 0 unspecified atom stereocenters. The molecular formula is C25H32N2O3. The predicted octanol–water partition coefficient (Wildman–Crippen LogP) is 4.45. The van der Waals surface area contributed by atoms with Crippen LogP contribution in [-0.4, -0.2) is 42.5 Å². The molecule has 2 aromatic carbocycles. The fourth-order valence-corrected chi connectivity index (χ4v) is 3.61. The second kappa shape index (κ2) is 10.3. The fraction of sp³-hybridized carbons (Fsp3) is 0.440. The van der Waals surface area contributed by atoms with Crippen molar-refractivity contribution in [3.8, 4) is 5.75 Å². The molecule has 1 N–H and O–H groups in total. The molecule has 1 heterocycles. The molecular weight excluding hydrogens is 376 g/mol. The second-order valence-corrected chi connectivity index (χ2v) is 8.41. The van der Waals surface area contributed by atoms with E-state index in [1.54, 1.807) is 0 Å². The molecule has 0 bridgehead atoms. The quantitative estimate of drug-likeness (QED) is 0.736. The summed E-state index contributed by atoms with van der Waals surface area (Å²) in [6.07, 6.45) is 2.54. The minimum absolute atomic E-state index is 0.0346. The smallest absolute Gasteiger partial charge is 0.253 e. The van der Waals surface area contributed by atoms with Gasteiger partial charge in [-0.2, -0.15) is 0 Å². The van der Waals surface area contributed by atoms with Gasteiger partial charge in [0.15, 0.2) is 0 Å². The minimum Gasteiger partial charge on any atom is -0.494 e. The van der Waals surface area contributed by atoms with Gasteiger partial charge in [-0.3, -0.25) is 9.59 Å². The van der Waals surface area contributed by atoms with E-state index in [0.717, 1.165) is 30.6 Å². The zero-order valence-corrected chi connectivity index (χ0v) is 18.2.